The van der Waals surface area contributed by atoms with Gasteiger partial charge in [0.15, 0.2) is 0 Å². The van der Waals surface area contributed by atoms with Crippen LogP contribution in [0.5, 0.6) is 5.75 Å². The first kappa shape index (κ1) is 20.0. The van der Waals surface area contributed by atoms with Crippen LogP contribution in [-0.2, 0) is 0 Å². The number of nitrogens with one attached hydrogen (secondary N) is 1. The monoisotopic (exact) mass is 433 g/mol. The largest absolute Gasteiger partial charge is 0.495 e. The zero-order valence-corrected chi connectivity index (χ0v) is 18.7. The molecule has 1 aromatic heterocycles. The quantitative estimate of drug-likeness (QED) is 0.736. The minimum Gasteiger partial charge on any atom is -0.495 e. The summed E-state index contributed by atoms with van der Waals surface area (Å²) in [6, 6.07) is 6.20. The van der Waals surface area contributed by atoms with E-state index in [0.29, 0.717) is 34.5 Å². The summed E-state index contributed by atoms with van der Waals surface area (Å²) in [4.78, 5) is 34.9. The fraction of sp³-hybridized carbons (Fsp3) is 0.538. The van der Waals surface area contributed by atoms with E-state index in [2.05, 4.69) is 16.0 Å². The first-order valence-electron chi connectivity index (χ1n) is 12.1. The van der Waals surface area contributed by atoms with E-state index in [1.807, 2.05) is 11.0 Å². The Morgan fingerprint density at radius 2 is 2.09 bits per heavy atom. The number of rotatable bonds is 2. The van der Waals surface area contributed by atoms with Crippen LogP contribution < -0.4 is 10.2 Å². The van der Waals surface area contributed by atoms with Crippen LogP contribution in [0.4, 0.5) is 0 Å². The van der Waals surface area contributed by atoms with Gasteiger partial charge in [0.05, 0.1) is 24.1 Å². The summed E-state index contributed by atoms with van der Waals surface area (Å²) in [7, 11) is 1.58. The minimum atomic E-state index is -0.216. The molecule has 3 saturated heterocycles. The smallest absolute Gasteiger partial charge is 0.259 e. The second kappa shape index (κ2) is 7.77. The standard InChI is InChI=1S/C26H31N3O3/c1-32-22-9-4-7-19-23(22)27-14-20(25(19)30)26(31)29-11-5-6-16-12-17-13-18(24(16)29)15-28-10-3-2-8-21(17)28/h4,7,9,12,14,17-18,21,24H,2-3,5-6,8,10-11,13,15H2,1H3,(H,27,30). The van der Waals surface area contributed by atoms with Gasteiger partial charge in [0, 0.05) is 25.3 Å². The van der Waals surface area contributed by atoms with Crippen molar-refractivity contribution in [2.24, 2.45) is 11.8 Å². The molecule has 6 rings (SSSR count). The van der Waals surface area contributed by atoms with Crippen LogP contribution in [-0.4, -0.2) is 59.5 Å². The number of aromatic nitrogens is 1. The van der Waals surface area contributed by atoms with Gasteiger partial charge in [-0.1, -0.05) is 24.1 Å². The van der Waals surface area contributed by atoms with Gasteiger partial charge in [-0.2, -0.15) is 0 Å². The number of carbonyl (C=O) groups excluding carboxylic acids is 1. The summed E-state index contributed by atoms with van der Waals surface area (Å²) < 4.78 is 5.38. The SMILES string of the molecule is COc1cccc2c(=O)c(C(=O)N3CCCC4=CC5CC(CN6CCCCC56)C43)c[nH]c12. The molecular formula is C26H31N3O3. The lowest BCUT2D eigenvalue weighted by Crippen LogP contribution is -2.60. The van der Waals surface area contributed by atoms with Crippen molar-refractivity contribution in [3.05, 3.63) is 51.8 Å². The van der Waals surface area contributed by atoms with E-state index in [4.69, 9.17) is 4.74 Å². The number of likely N-dealkylation sites (tertiary alicyclic amines) is 1. The predicted molar refractivity (Wildman–Crippen MR) is 124 cm³/mol. The molecule has 3 aliphatic heterocycles. The lowest BCUT2D eigenvalue weighted by atomic mass is 9.68. The summed E-state index contributed by atoms with van der Waals surface area (Å²) in [6.45, 7) is 2.99. The van der Waals surface area contributed by atoms with Crippen molar-refractivity contribution in [1.82, 2.24) is 14.8 Å². The number of H-pyrrole nitrogens is 1. The number of methoxy groups -OCH3 is 1. The van der Waals surface area contributed by atoms with Crippen molar-refractivity contribution in [1.29, 1.82) is 0 Å². The Kier molecular flexibility index (Phi) is 4.86. The third-order valence-electron chi connectivity index (χ3n) is 8.24. The fourth-order valence-electron chi connectivity index (χ4n) is 6.91. The molecule has 168 valence electrons. The summed E-state index contributed by atoms with van der Waals surface area (Å²) in [6.07, 6.45) is 11.3. The molecule has 1 aromatic carbocycles. The number of piperidine rings is 3. The van der Waals surface area contributed by atoms with E-state index in [9.17, 15) is 9.59 Å². The van der Waals surface area contributed by atoms with Crippen molar-refractivity contribution in [2.45, 2.75) is 50.6 Å². The second-order valence-corrected chi connectivity index (χ2v) is 9.92. The predicted octanol–water partition coefficient (Wildman–Crippen LogP) is 3.57. The average molecular weight is 434 g/mol. The Labute approximate surface area is 188 Å². The van der Waals surface area contributed by atoms with E-state index in [-0.39, 0.29) is 22.9 Å². The molecule has 2 bridgehead atoms. The molecule has 1 N–H and O–H groups in total. The minimum absolute atomic E-state index is 0.134. The number of hydrogen-bond acceptors (Lipinski definition) is 4. The average Bonchev–Trinajstić information content (AvgIpc) is 2.83. The molecule has 6 heteroatoms. The highest BCUT2D eigenvalue weighted by molar-refractivity contribution is 5.98. The molecule has 0 saturated carbocycles. The molecule has 3 fully saturated rings. The van der Waals surface area contributed by atoms with E-state index >= 15 is 0 Å². The first-order valence-corrected chi connectivity index (χ1v) is 12.1. The summed E-state index contributed by atoms with van der Waals surface area (Å²) in [5, 5.41) is 0.500. The maximum Gasteiger partial charge on any atom is 0.259 e. The zero-order valence-electron chi connectivity index (χ0n) is 18.7. The number of ether oxygens (including phenoxy) is 1. The van der Waals surface area contributed by atoms with Gasteiger partial charge in [-0.3, -0.25) is 14.5 Å². The van der Waals surface area contributed by atoms with Crippen molar-refractivity contribution < 1.29 is 9.53 Å². The highest BCUT2D eigenvalue weighted by Gasteiger charge is 2.47. The van der Waals surface area contributed by atoms with Gasteiger partial charge in [0.1, 0.15) is 11.3 Å². The normalized spacial score (nSPS) is 29.8. The van der Waals surface area contributed by atoms with Crippen LogP contribution in [0.3, 0.4) is 0 Å². The number of pyridine rings is 1. The Bertz CT molecular complexity index is 1150. The van der Waals surface area contributed by atoms with Gasteiger partial charge in [-0.05, 0) is 62.6 Å². The molecule has 4 aliphatic rings. The molecular weight excluding hydrogens is 402 g/mol. The Balaban J connectivity index is 1.36. The number of fused-ring (bicyclic) bond motifs is 7. The van der Waals surface area contributed by atoms with E-state index in [1.54, 1.807) is 25.4 Å². The van der Waals surface area contributed by atoms with Crippen LogP contribution in [0.1, 0.15) is 48.9 Å². The molecule has 4 heterocycles. The Morgan fingerprint density at radius 3 is 2.97 bits per heavy atom. The summed E-state index contributed by atoms with van der Waals surface area (Å²) in [5.74, 6) is 1.58. The molecule has 0 radical (unpaired) electrons. The molecule has 1 amide bonds. The van der Waals surface area contributed by atoms with Crippen molar-refractivity contribution in [3.63, 3.8) is 0 Å². The third-order valence-corrected chi connectivity index (χ3v) is 8.24. The van der Waals surface area contributed by atoms with Crippen molar-refractivity contribution in [3.8, 4) is 5.75 Å². The van der Waals surface area contributed by atoms with Gasteiger partial charge in [-0.25, -0.2) is 0 Å². The van der Waals surface area contributed by atoms with E-state index < -0.39 is 0 Å². The topological polar surface area (TPSA) is 65.6 Å². The molecule has 32 heavy (non-hydrogen) atoms. The van der Waals surface area contributed by atoms with Crippen molar-refractivity contribution in [2.75, 3.05) is 26.7 Å². The summed E-state index contributed by atoms with van der Waals surface area (Å²) >= 11 is 0. The van der Waals surface area contributed by atoms with Gasteiger partial charge in [0.25, 0.3) is 5.91 Å². The van der Waals surface area contributed by atoms with Gasteiger partial charge >= 0.3 is 0 Å². The van der Waals surface area contributed by atoms with E-state index in [1.165, 1.54) is 37.8 Å². The molecule has 0 spiro atoms. The lowest BCUT2D eigenvalue weighted by Gasteiger charge is -2.54. The number of nitrogens with zero attached hydrogens (tertiary/aromatic N) is 2. The zero-order chi connectivity index (χ0) is 21.8. The number of hydrogen-bond donors (Lipinski definition) is 1. The molecule has 4 atom stereocenters. The number of aromatic amines is 1. The number of amides is 1. The van der Waals surface area contributed by atoms with Gasteiger partial charge in [-0.15, -0.1) is 0 Å². The van der Waals surface area contributed by atoms with Crippen LogP contribution in [0, 0.1) is 11.8 Å². The first-order chi connectivity index (χ1) is 15.7. The molecule has 2 aromatic rings. The van der Waals surface area contributed by atoms with Crippen LogP contribution in [0.15, 0.2) is 40.8 Å². The Morgan fingerprint density at radius 1 is 1.19 bits per heavy atom. The fourth-order valence-corrected chi connectivity index (χ4v) is 6.91. The summed E-state index contributed by atoms with van der Waals surface area (Å²) in [5.41, 5.74) is 2.10. The third kappa shape index (κ3) is 3.03. The van der Waals surface area contributed by atoms with Crippen LogP contribution >= 0.6 is 0 Å². The second-order valence-electron chi connectivity index (χ2n) is 9.92. The molecule has 4 unspecified atom stereocenters. The molecule has 6 nitrogen and oxygen atoms in total. The number of benzene rings is 1. The van der Waals surface area contributed by atoms with Gasteiger partial charge < -0.3 is 14.6 Å². The maximum absolute atomic E-state index is 13.8. The highest BCUT2D eigenvalue weighted by Crippen LogP contribution is 2.45. The number of carbonyl (C=O) groups is 1. The molecule has 1 aliphatic carbocycles. The van der Waals surface area contributed by atoms with Gasteiger partial charge in [0.2, 0.25) is 5.43 Å². The van der Waals surface area contributed by atoms with Crippen LogP contribution in [0.2, 0.25) is 0 Å². The Hall–Kier alpha value is -2.60. The highest BCUT2D eigenvalue weighted by atomic mass is 16.5. The maximum atomic E-state index is 13.8. The lowest BCUT2D eigenvalue weighted by molar-refractivity contribution is 0.00143. The van der Waals surface area contributed by atoms with E-state index in [0.717, 1.165) is 25.9 Å². The van der Waals surface area contributed by atoms with Crippen LogP contribution in [0.25, 0.3) is 10.9 Å². The van der Waals surface area contributed by atoms with Crippen molar-refractivity contribution >= 4 is 16.8 Å². The number of para-hydroxylation sites is 1.